The quantitative estimate of drug-likeness (QED) is 0.772. The van der Waals surface area contributed by atoms with E-state index in [0.717, 1.165) is 24.7 Å². The maximum absolute atomic E-state index is 14.0. The van der Waals surface area contributed by atoms with Crippen molar-refractivity contribution in [3.8, 4) is 0 Å². The van der Waals surface area contributed by atoms with E-state index in [1.54, 1.807) is 6.07 Å². The molecule has 0 amide bonds. The van der Waals surface area contributed by atoms with Crippen LogP contribution in [0, 0.1) is 17.5 Å². The minimum Gasteiger partial charge on any atom is -0.313 e. The Bertz CT molecular complexity index is 593. The second-order valence-electron chi connectivity index (χ2n) is 4.62. The summed E-state index contributed by atoms with van der Waals surface area (Å²) in [6, 6.07) is 8.29. The molecule has 0 aromatic heterocycles. The molecular weight excluding hydrogens is 295 g/mol. The van der Waals surface area contributed by atoms with Gasteiger partial charge in [0.15, 0.2) is 0 Å². The third kappa shape index (κ3) is 4.51. The van der Waals surface area contributed by atoms with Gasteiger partial charge in [0.05, 0.1) is 4.90 Å². The molecule has 0 atom stereocenters. The van der Waals surface area contributed by atoms with Gasteiger partial charge in [0.25, 0.3) is 0 Å². The third-order valence-electron chi connectivity index (χ3n) is 2.83. The fraction of sp³-hybridized carbons (Fsp3) is 0.250. The summed E-state index contributed by atoms with van der Waals surface area (Å²) in [6.07, 6.45) is 0.957. The number of hydrogen-bond donors (Lipinski definition) is 1. The summed E-state index contributed by atoms with van der Waals surface area (Å²) in [7, 11) is 0. The Morgan fingerprint density at radius 3 is 2.38 bits per heavy atom. The molecule has 0 saturated carbocycles. The van der Waals surface area contributed by atoms with Gasteiger partial charge < -0.3 is 5.32 Å². The third-order valence-corrected chi connectivity index (χ3v) is 3.91. The fourth-order valence-electron chi connectivity index (χ4n) is 1.87. The van der Waals surface area contributed by atoms with Crippen LogP contribution in [-0.4, -0.2) is 6.54 Å². The summed E-state index contributed by atoms with van der Waals surface area (Å²) in [4.78, 5) is 0.351. The van der Waals surface area contributed by atoms with Gasteiger partial charge in [0, 0.05) is 11.4 Å². The second kappa shape index (κ2) is 7.52. The molecule has 0 radical (unpaired) electrons. The Morgan fingerprint density at radius 2 is 1.76 bits per heavy atom. The Morgan fingerprint density at radius 1 is 1.05 bits per heavy atom. The normalized spacial score (nSPS) is 10.9. The number of hydrogen-bond acceptors (Lipinski definition) is 2. The summed E-state index contributed by atoms with van der Waals surface area (Å²) in [6.45, 7) is 3.24. The average molecular weight is 311 g/mol. The highest BCUT2D eigenvalue weighted by atomic mass is 32.2. The van der Waals surface area contributed by atoms with Crippen LogP contribution in [0.15, 0.2) is 46.2 Å². The fourth-order valence-corrected chi connectivity index (χ4v) is 2.74. The Labute approximate surface area is 126 Å². The van der Waals surface area contributed by atoms with Gasteiger partial charge in [0.1, 0.15) is 17.5 Å². The first-order valence-electron chi connectivity index (χ1n) is 6.72. The van der Waals surface area contributed by atoms with E-state index in [4.69, 9.17) is 0 Å². The summed E-state index contributed by atoms with van der Waals surface area (Å²) in [5.74, 6) is -1.68. The van der Waals surface area contributed by atoms with E-state index in [9.17, 15) is 13.2 Å². The molecule has 0 aliphatic heterocycles. The SMILES string of the molecule is CCCNCc1cc(F)c(Sc2cccc(F)c2)c(F)c1. The smallest absolute Gasteiger partial charge is 0.140 e. The zero-order chi connectivity index (χ0) is 15.2. The van der Waals surface area contributed by atoms with Gasteiger partial charge >= 0.3 is 0 Å². The zero-order valence-electron chi connectivity index (χ0n) is 11.6. The van der Waals surface area contributed by atoms with Crippen LogP contribution in [0.5, 0.6) is 0 Å². The van der Waals surface area contributed by atoms with Crippen LogP contribution in [0.3, 0.4) is 0 Å². The number of rotatable bonds is 6. The van der Waals surface area contributed by atoms with Crippen molar-refractivity contribution >= 4 is 11.8 Å². The van der Waals surface area contributed by atoms with Gasteiger partial charge in [-0.1, -0.05) is 24.8 Å². The van der Waals surface area contributed by atoms with Gasteiger partial charge in [-0.2, -0.15) is 0 Å². The lowest BCUT2D eigenvalue weighted by atomic mass is 10.2. The van der Waals surface area contributed by atoms with Crippen LogP contribution in [-0.2, 0) is 6.54 Å². The molecule has 2 aromatic rings. The van der Waals surface area contributed by atoms with E-state index < -0.39 is 17.5 Å². The molecule has 21 heavy (non-hydrogen) atoms. The van der Waals surface area contributed by atoms with Crippen molar-refractivity contribution in [2.45, 2.75) is 29.7 Å². The molecule has 0 fully saturated rings. The number of benzene rings is 2. The molecule has 5 heteroatoms. The summed E-state index contributed by atoms with van der Waals surface area (Å²) < 4.78 is 41.1. The monoisotopic (exact) mass is 311 g/mol. The van der Waals surface area contributed by atoms with E-state index in [1.165, 1.54) is 30.3 Å². The van der Waals surface area contributed by atoms with E-state index in [2.05, 4.69) is 5.32 Å². The van der Waals surface area contributed by atoms with E-state index >= 15 is 0 Å². The highest BCUT2D eigenvalue weighted by molar-refractivity contribution is 7.99. The molecule has 0 unspecified atom stereocenters. The van der Waals surface area contributed by atoms with Crippen molar-refractivity contribution in [2.75, 3.05) is 6.54 Å². The highest BCUT2D eigenvalue weighted by Gasteiger charge is 2.13. The lowest BCUT2D eigenvalue weighted by Gasteiger charge is -2.09. The van der Waals surface area contributed by atoms with Crippen LogP contribution in [0.25, 0.3) is 0 Å². The number of nitrogens with one attached hydrogen (secondary N) is 1. The molecule has 2 aromatic carbocycles. The van der Waals surface area contributed by atoms with Crippen LogP contribution in [0.4, 0.5) is 13.2 Å². The second-order valence-corrected chi connectivity index (χ2v) is 5.71. The van der Waals surface area contributed by atoms with Crippen molar-refractivity contribution in [3.05, 3.63) is 59.4 Å². The average Bonchev–Trinajstić information content (AvgIpc) is 2.43. The molecule has 0 aliphatic rings. The molecule has 0 saturated heterocycles. The molecule has 112 valence electrons. The van der Waals surface area contributed by atoms with E-state index in [0.29, 0.717) is 17.0 Å². The first-order valence-corrected chi connectivity index (χ1v) is 7.54. The van der Waals surface area contributed by atoms with Gasteiger partial charge in [-0.3, -0.25) is 0 Å². The molecule has 1 nitrogen and oxygen atoms in total. The maximum Gasteiger partial charge on any atom is 0.140 e. The van der Waals surface area contributed by atoms with Crippen LogP contribution in [0.2, 0.25) is 0 Å². The molecule has 0 aliphatic carbocycles. The predicted octanol–water partition coefficient (Wildman–Crippen LogP) is 4.75. The topological polar surface area (TPSA) is 12.0 Å². The first-order chi connectivity index (χ1) is 10.1. The van der Waals surface area contributed by atoms with Gasteiger partial charge in [-0.25, -0.2) is 13.2 Å². The molecule has 0 spiro atoms. The minimum atomic E-state index is -0.627. The standard InChI is InChI=1S/C16H16F3NS/c1-2-6-20-10-11-7-14(18)16(15(19)8-11)21-13-5-3-4-12(17)9-13/h3-5,7-9,20H,2,6,10H2,1H3. The summed E-state index contributed by atoms with van der Waals surface area (Å²) in [5.41, 5.74) is 0.557. The molecule has 2 rings (SSSR count). The van der Waals surface area contributed by atoms with Crippen LogP contribution < -0.4 is 5.32 Å². The minimum absolute atomic E-state index is 0.111. The van der Waals surface area contributed by atoms with E-state index in [-0.39, 0.29) is 4.90 Å². The van der Waals surface area contributed by atoms with Gasteiger partial charge in [-0.05, 0) is 48.9 Å². The molecule has 0 heterocycles. The van der Waals surface area contributed by atoms with Crippen molar-refractivity contribution in [1.29, 1.82) is 0 Å². The first kappa shape index (κ1) is 15.9. The Hall–Kier alpha value is -1.46. The van der Waals surface area contributed by atoms with Crippen molar-refractivity contribution in [3.63, 3.8) is 0 Å². The largest absolute Gasteiger partial charge is 0.313 e. The van der Waals surface area contributed by atoms with E-state index in [1.807, 2.05) is 6.92 Å². The molecule has 1 N–H and O–H groups in total. The van der Waals surface area contributed by atoms with Crippen LogP contribution in [0.1, 0.15) is 18.9 Å². The lowest BCUT2D eigenvalue weighted by molar-refractivity contribution is 0.534. The van der Waals surface area contributed by atoms with Crippen LogP contribution >= 0.6 is 11.8 Å². The molecular formula is C16H16F3NS. The van der Waals surface area contributed by atoms with Gasteiger partial charge in [0.2, 0.25) is 0 Å². The Balaban J connectivity index is 2.17. The Kier molecular flexibility index (Phi) is 5.70. The van der Waals surface area contributed by atoms with Gasteiger partial charge in [-0.15, -0.1) is 0 Å². The lowest BCUT2D eigenvalue weighted by Crippen LogP contribution is -2.14. The summed E-state index contributed by atoms with van der Waals surface area (Å²) in [5, 5.41) is 3.09. The summed E-state index contributed by atoms with van der Waals surface area (Å²) >= 11 is 0.882. The zero-order valence-corrected chi connectivity index (χ0v) is 12.4. The van der Waals surface area contributed by atoms with Crippen molar-refractivity contribution in [1.82, 2.24) is 5.32 Å². The number of halogens is 3. The van der Waals surface area contributed by atoms with Crippen molar-refractivity contribution in [2.24, 2.45) is 0 Å². The predicted molar refractivity (Wildman–Crippen MR) is 78.9 cm³/mol. The van der Waals surface area contributed by atoms with Crippen molar-refractivity contribution < 1.29 is 13.2 Å². The highest BCUT2D eigenvalue weighted by Crippen LogP contribution is 2.33. The molecule has 0 bridgehead atoms. The maximum atomic E-state index is 14.0.